The van der Waals surface area contributed by atoms with Crippen molar-refractivity contribution < 1.29 is 14.2 Å². The fraction of sp³-hybridized carbons (Fsp3) is 0.571. The molecule has 0 saturated heterocycles. The molecule has 1 atom stereocenters. The molecule has 0 bridgehead atoms. The number of hydrogen-bond donors (Lipinski definition) is 1. The van der Waals surface area contributed by atoms with Gasteiger partial charge < -0.3 is 9.84 Å². The fourth-order valence-electron chi connectivity index (χ4n) is 2.36. The van der Waals surface area contributed by atoms with E-state index in [0.717, 1.165) is 0 Å². The van der Waals surface area contributed by atoms with Crippen molar-refractivity contribution in [3.63, 3.8) is 0 Å². The zero-order chi connectivity index (χ0) is 12.3. The monoisotopic (exact) mass is 238 g/mol. The molecule has 0 radical (unpaired) electrons. The Kier molecular flexibility index (Phi) is 4.00. The zero-order valence-corrected chi connectivity index (χ0v) is 10.2. The molecule has 1 aliphatic carbocycles. The lowest BCUT2D eigenvalue weighted by molar-refractivity contribution is 0.185. The van der Waals surface area contributed by atoms with E-state index in [-0.39, 0.29) is 5.82 Å². The second kappa shape index (κ2) is 5.50. The largest absolute Gasteiger partial charge is 0.493 e. The van der Waals surface area contributed by atoms with Crippen molar-refractivity contribution in [2.75, 3.05) is 6.61 Å². The van der Waals surface area contributed by atoms with Gasteiger partial charge in [-0.2, -0.15) is 0 Å². The lowest BCUT2D eigenvalue weighted by Crippen LogP contribution is -2.10. The van der Waals surface area contributed by atoms with Gasteiger partial charge in [0.1, 0.15) is 11.6 Å². The summed E-state index contributed by atoms with van der Waals surface area (Å²) in [6.45, 7) is 2.29. The van der Waals surface area contributed by atoms with Crippen LogP contribution in [0.5, 0.6) is 5.75 Å². The van der Waals surface area contributed by atoms with Crippen LogP contribution in [0.2, 0.25) is 0 Å². The average molecular weight is 238 g/mol. The molecule has 1 fully saturated rings. The molecule has 1 N–H and O–H groups in total. The van der Waals surface area contributed by atoms with Crippen LogP contribution >= 0.6 is 0 Å². The van der Waals surface area contributed by atoms with Crippen molar-refractivity contribution in [1.29, 1.82) is 0 Å². The number of aliphatic hydroxyl groups is 1. The minimum atomic E-state index is -0.704. The summed E-state index contributed by atoms with van der Waals surface area (Å²) in [5.41, 5.74) is 0.531. The number of hydrogen-bond acceptors (Lipinski definition) is 2. The summed E-state index contributed by atoms with van der Waals surface area (Å²) in [4.78, 5) is 0. The van der Waals surface area contributed by atoms with Crippen LogP contribution in [0.3, 0.4) is 0 Å². The number of halogens is 1. The molecule has 0 aromatic heterocycles. The topological polar surface area (TPSA) is 29.5 Å². The standard InChI is InChI=1S/C14H19FO2/c1-10(16)13-8-12(15)6-7-14(13)17-9-11-4-2-3-5-11/h6-8,10-11,16H,2-5,9H2,1H3. The zero-order valence-electron chi connectivity index (χ0n) is 10.2. The fourth-order valence-corrected chi connectivity index (χ4v) is 2.36. The van der Waals surface area contributed by atoms with Crippen molar-refractivity contribution >= 4 is 0 Å². The van der Waals surface area contributed by atoms with E-state index < -0.39 is 6.10 Å². The van der Waals surface area contributed by atoms with Crippen LogP contribution in [-0.4, -0.2) is 11.7 Å². The molecule has 1 aromatic rings. The lowest BCUT2D eigenvalue weighted by Gasteiger charge is -2.16. The SMILES string of the molecule is CC(O)c1cc(F)ccc1OCC1CCCC1. The van der Waals surface area contributed by atoms with Gasteiger partial charge in [0.2, 0.25) is 0 Å². The summed E-state index contributed by atoms with van der Waals surface area (Å²) >= 11 is 0. The van der Waals surface area contributed by atoms with Gasteiger partial charge in [-0.3, -0.25) is 0 Å². The van der Waals surface area contributed by atoms with E-state index in [1.807, 2.05) is 0 Å². The average Bonchev–Trinajstić information content (AvgIpc) is 2.80. The molecule has 0 spiro atoms. The molecule has 2 rings (SSSR count). The first-order valence-electron chi connectivity index (χ1n) is 6.27. The number of aliphatic hydroxyl groups excluding tert-OH is 1. The second-order valence-electron chi connectivity index (χ2n) is 4.82. The van der Waals surface area contributed by atoms with E-state index in [4.69, 9.17) is 4.74 Å². The quantitative estimate of drug-likeness (QED) is 0.870. The normalized spacial score (nSPS) is 18.3. The molecule has 0 heterocycles. The summed E-state index contributed by atoms with van der Waals surface area (Å²) in [5.74, 6) is 0.879. The highest BCUT2D eigenvalue weighted by atomic mass is 19.1. The van der Waals surface area contributed by atoms with Crippen LogP contribution < -0.4 is 4.74 Å². The summed E-state index contributed by atoms with van der Waals surface area (Å²) in [7, 11) is 0. The Balaban J connectivity index is 2.03. The first kappa shape index (κ1) is 12.4. The summed E-state index contributed by atoms with van der Waals surface area (Å²) in [6, 6.07) is 4.32. The van der Waals surface area contributed by atoms with Crippen LogP contribution in [-0.2, 0) is 0 Å². The van der Waals surface area contributed by atoms with Crippen LogP contribution in [0, 0.1) is 11.7 Å². The third-order valence-electron chi connectivity index (χ3n) is 3.37. The number of benzene rings is 1. The van der Waals surface area contributed by atoms with Crippen molar-refractivity contribution in [3.05, 3.63) is 29.6 Å². The van der Waals surface area contributed by atoms with Gasteiger partial charge in [-0.1, -0.05) is 12.8 Å². The summed E-state index contributed by atoms with van der Waals surface area (Å²) < 4.78 is 18.8. The predicted molar refractivity (Wildman–Crippen MR) is 64.5 cm³/mol. The summed E-state index contributed by atoms with van der Waals surface area (Å²) in [5, 5.41) is 9.57. The molecular formula is C14H19FO2. The van der Waals surface area contributed by atoms with Gasteiger partial charge in [-0.25, -0.2) is 4.39 Å². The first-order chi connectivity index (χ1) is 8.16. The third kappa shape index (κ3) is 3.19. The molecular weight excluding hydrogens is 219 g/mol. The Morgan fingerprint density at radius 1 is 1.41 bits per heavy atom. The molecule has 0 amide bonds. The van der Waals surface area contributed by atoms with E-state index in [0.29, 0.717) is 23.8 Å². The molecule has 0 aliphatic heterocycles. The van der Waals surface area contributed by atoms with Crippen LogP contribution in [0.1, 0.15) is 44.3 Å². The maximum atomic E-state index is 13.1. The highest BCUT2D eigenvalue weighted by Crippen LogP contribution is 2.29. The van der Waals surface area contributed by atoms with E-state index >= 15 is 0 Å². The molecule has 1 aromatic carbocycles. The Morgan fingerprint density at radius 3 is 2.76 bits per heavy atom. The van der Waals surface area contributed by atoms with Crippen molar-refractivity contribution in [1.82, 2.24) is 0 Å². The van der Waals surface area contributed by atoms with Gasteiger partial charge >= 0.3 is 0 Å². The van der Waals surface area contributed by atoms with E-state index in [9.17, 15) is 9.50 Å². The summed E-state index contributed by atoms with van der Waals surface area (Å²) in [6.07, 6.45) is 4.28. The molecule has 3 heteroatoms. The van der Waals surface area contributed by atoms with Crippen molar-refractivity contribution in [2.45, 2.75) is 38.7 Å². The van der Waals surface area contributed by atoms with Crippen LogP contribution in [0.15, 0.2) is 18.2 Å². The maximum absolute atomic E-state index is 13.1. The van der Waals surface area contributed by atoms with Crippen molar-refractivity contribution in [3.8, 4) is 5.75 Å². The van der Waals surface area contributed by atoms with Gasteiger partial charge in [0.05, 0.1) is 12.7 Å². The van der Waals surface area contributed by atoms with Crippen LogP contribution in [0.25, 0.3) is 0 Å². The Morgan fingerprint density at radius 2 is 2.12 bits per heavy atom. The molecule has 2 nitrogen and oxygen atoms in total. The maximum Gasteiger partial charge on any atom is 0.125 e. The second-order valence-corrected chi connectivity index (χ2v) is 4.82. The van der Waals surface area contributed by atoms with Crippen molar-refractivity contribution in [2.24, 2.45) is 5.92 Å². The Hall–Kier alpha value is -1.09. The Labute approximate surface area is 101 Å². The smallest absolute Gasteiger partial charge is 0.125 e. The van der Waals surface area contributed by atoms with E-state index in [2.05, 4.69) is 0 Å². The Bertz CT molecular complexity index is 370. The predicted octanol–water partition coefficient (Wildman–Crippen LogP) is 3.45. The van der Waals surface area contributed by atoms with Crippen LogP contribution in [0.4, 0.5) is 4.39 Å². The molecule has 1 saturated carbocycles. The van der Waals surface area contributed by atoms with E-state index in [1.54, 1.807) is 13.0 Å². The molecule has 1 unspecified atom stereocenters. The third-order valence-corrected chi connectivity index (χ3v) is 3.37. The number of ether oxygens (including phenoxy) is 1. The molecule has 1 aliphatic rings. The van der Waals surface area contributed by atoms with Gasteiger partial charge in [-0.15, -0.1) is 0 Å². The molecule has 94 valence electrons. The first-order valence-corrected chi connectivity index (χ1v) is 6.27. The lowest BCUT2D eigenvalue weighted by atomic mass is 10.1. The van der Waals surface area contributed by atoms with Gasteiger partial charge in [0.25, 0.3) is 0 Å². The highest BCUT2D eigenvalue weighted by Gasteiger charge is 2.17. The highest BCUT2D eigenvalue weighted by molar-refractivity contribution is 5.35. The van der Waals surface area contributed by atoms with E-state index in [1.165, 1.54) is 37.8 Å². The van der Waals surface area contributed by atoms with Gasteiger partial charge in [0.15, 0.2) is 0 Å². The minimum absolute atomic E-state index is 0.339. The minimum Gasteiger partial charge on any atom is -0.493 e. The number of rotatable bonds is 4. The van der Waals surface area contributed by atoms with Gasteiger partial charge in [-0.05, 0) is 43.9 Å². The van der Waals surface area contributed by atoms with Gasteiger partial charge in [0, 0.05) is 5.56 Å². The molecule has 17 heavy (non-hydrogen) atoms.